The van der Waals surface area contributed by atoms with Crippen molar-refractivity contribution in [1.29, 1.82) is 0 Å². The van der Waals surface area contributed by atoms with Gasteiger partial charge in [-0.2, -0.15) is 4.98 Å². The fraction of sp³-hybridized carbons (Fsp3) is 0.588. The minimum Gasteiger partial charge on any atom is -0.337 e. The van der Waals surface area contributed by atoms with Crippen LogP contribution in [-0.4, -0.2) is 27.5 Å². The lowest BCUT2D eigenvalue weighted by molar-refractivity contribution is -0.134. The van der Waals surface area contributed by atoms with Gasteiger partial charge in [-0.3, -0.25) is 4.79 Å². The molecule has 5 nitrogen and oxygen atoms in total. The quantitative estimate of drug-likeness (QED) is 0.838. The first-order valence-corrected chi connectivity index (χ1v) is 9.16. The molecule has 1 aliphatic heterocycles. The number of carbonyl (C=O) groups is 1. The average molecular weight is 333 g/mol. The second-order valence-corrected chi connectivity index (χ2v) is 7.53. The van der Waals surface area contributed by atoms with Gasteiger partial charge in [0.05, 0.1) is 6.42 Å². The highest BCUT2D eigenvalue weighted by atomic mass is 32.1. The molecule has 2 aromatic heterocycles. The number of hydrogen-bond acceptors (Lipinski definition) is 5. The maximum Gasteiger partial charge on any atom is 0.249 e. The molecule has 0 N–H and O–H groups in total. The molecular formula is C17H23N3O2S. The number of amides is 1. The molecule has 1 atom stereocenters. The number of nitrogens with zero attached hydrogens (tertiary/aromatic N) is 3. The molecule has 0 aliphatic carbocycles. The van der Waals surface area contributed by atoms with Crippen LogP contribution >= 0.6 is 11.3 Å². The molecule has 0 saturated carbocycles. The Balaban J connectivity index is 1.73. The zero-order chi connectivity index (χ0) is 16.2. The Morgan fingerprint density at radius 1 is 1.48 bits per heavy atom. The van der Waals surface area contributed by atoms with Crippen LogP contribution < -0.4 is 0 Å². The lowest BCUT2D eigenvalue weighted by Gasteiger charge is -2.33. The van der Waals surface area contributed by atoms with Gasteiger partial charge < -0.3 is 9.42 Å². The van der Waals surface area contributed by atoms with Crippen LogP contribution in [0, 0.1) is 5.92 Å². The van der Waals surface area contributed by atoms with Gasteiger partial charge in [0, 0.05) is 17.8 Å². The van der Waals surface area contributed by atoms with Crippen LogP contribution in [0.3, 0.4) is 0 Å². The number of likely N-dealkylation sites (tertiary alicyclic amines) is 1. The maximum atomic E-state index is 12.7. The van der Waals surface area contributed by atoms with Gasteiger partial charge in [-0.15, -0.1) is 11.3 Å². The van der Waals surface area contributed by atoms with Gasteiger partial charge in [0.1, 0.15) is 6.04 Å². The first kappa shape index (κ1) is 16.2. The Morgan fingerprint density at radius 2 is 2.35 bits per heavy atom. The monoisotopic (exact) mass is 333 g/mol. The van der Waals surface area contributed by atoms with Gasteiger partial charge in [-0.25, -0.2) is 0 Å². The summed E-state index contributed by atoms with van der Waals surface area (Å²) in [5.41, 5.74) is 0. The number of piperidine rings is 1. The second-order valence-electron chi connectivity index (χ2n) is 6.50. The molecule has 3 heterocycles. The van der Waals surface area contributed by atoms with Crippen LogP contribution in [-0.2, 0) is 17.6 Å². The highest BCUT2D eigenvalue weighted by Gasteiger charge is 2.32. The van der Waals surface area contributed by atoms with Crippen LogP contribution in [0.5, 0.6) is 0 Å². The summed E-state index contributed by atoms with van der Waals surface area (Å²) in [6.45, 7) is 5.04. The van der Waals surface area contributed by atoms with Crippen molar-refractivity contribution in [2.45, 2.75) is 52.0 Å². The van der Waals surface area contributed by atoms with E-state index in [0.717, 1.165) is 42.9 Å². The molecule has 0 bridgehead atoms. The summed E-state index contributed by atoms with van der Waals surface area (Å²) in [6.07, 6.45) is 4.30. The van der Waals surface area contributed by atoms with E-state index in [9.17, 15) is 4.79 Å². The first-order valence-electron chi connectivity index (χ1n) is 8.28. The van der Waals surface area contributed by atoms with Crippen molar-refractivity contribution in [2.75, 3.05) is 6.54 Å². The molecule has 2 aromatic rings. The van der Waals surface area contributed by atoms with Crippen molar-refractivity contribution in [3.63, 3.8) is 0 Å². The standard InChI is InChI=1S/C17H23N3O2S/c1-12(2)10-15-18-17(22-19-15)14-7-3-4-8-20(14)16(21)11-13-6-5-9-23-13/h5-6,9,12,14H,3-4,7-8,10-11H2,1-2H3/t14-/m0/s1. The van der Waals surface area contributed by atoms with Crippen LogP contribution in [0.4, 0.5) is 0 Å². The third kappa shape index (κ3) is 3.99. The largest absolute Gasteiger partial charge is 0.337 e. The predicted molar refractivity (Wildman–Crippen MR) is 89.2 cm³/mol. The number of carbonyl (C=O) groups excluding carboxylic acids is 1. The van der Waals surface area contributed by atoms with E-state index in [2.05, 4.69) is 24.0 Å². The molecule has 1 amide bonds. The van der Waals surface area contributed by atoms with Gasteiger partial charge in [0.15, 0.2) is 5.82 Å². The van der Waals surface area contributed by atoms with Crippen molar-refractivity contribution >= 4 is 17.2 Å². The Labute approximate surface area is 140 Å². The van der Waals surface area contributed by atoms with Gasteiger partial charge >= 0.3 is 0 Å². The van der Waals surface area contributed by atoms with E-state index < -0.39 is 0 Å². The second kappa shape index (κ2) is 7.25. The smallest absolute Gasteiger partial charge is 0.249 e. The maximum absolute atomic E-state index is 12.7. The fourth-order valence-electron chi connectivity index (χ4n) is 3.00. The Hall–Kier alpha value is -1.69. The lowest BCUT2D eigenvalue weighted by atomic mass is 10.0. The Morgan fingerprint density at radius 3 is 3.09 bits per heavy atom. The molecule has 3 rings (SSSR count). The molecule has 1 aliphatic rings. The number of thiophene rings is 1. The summed E-state index contributed by atoms with van der Waals surface area (Å²) in [7, 11) is 0. The van der Waals surface area contributed by atoms with Crippen molar-refractivity contribution in [2.24, 2.45) is 5.92 Å². The third-order valence-electron chi connectivity index (χ3n) is 4.09. The van der Waals surface area contributed by atoms with Crippen LogP contribution in [0.1, 0.15) is 55.7 Å². The summed E-state index contributed by atoms with van der Waals surface area (Å²) >= 11 is 1.62. The van der Waals surface area contributed by atoms with Crippen LogP contribution in [0.25, 0.3) is 0 Å². The summed E-state index contributed by atoms with van der Waals surface area (Å²) in [6, 6.07) is 3.93. The first-order chi connectivity index (χ1) is 11.1. The Kier molecular flexibility index (Phi) is 5.10. The number of rotatable bonds is 5. The predicted octanol–water partition coefficient (Wildman–Crippen LogP) is 3.63. The van der Waals surface area contributed by atoms with Crippen molar-refractivity contribution in [1.82, 2.24) is 15.0 Å². The van der Waals surface area contributed by atoms with E-state index in [-0.39, 0.29) is 11.9 Å². The van der Waals surface area contributed by atoms with E-state index in [1.807, 2.05) is 22.4 Å². The highest BCUT2D eigenvalue weighted by Crippen LogP contribution is 2.31. The molecule has 124 valence electrons. The van der Waals surface area contributed by atoms with E-state index in [1.165, 1.54) is 0 Å². The summed E-state index contributed by atoms with van der Waals surface area (Å²) in [4.78, 5) is 20.2. The van der Waals surface area contributed by atoms with Crippen molar-refractivity contribution < 1.29 is 9.32 Å². The Bertz CT molecular complexity index is 636. The molecule has 0 aromatic carbocycles. The normalized spacial score (nSPS) is 18.6. The molecule has 0 radical (unpaired) electrons. The lowest BCUT2D eigenvalue weighted by Crippen LogP contribution is -2.39. The van der Waals surface area contributed by atoms with E-state index in [1.54, 1.807) is 11.3 Å². The SMILES string of the molecule is CC(C)Cc1noc([C@@H]2CCCCN2C(=O)Cc2cccs2)n1. The molecule has 0 spiro atoms. The zero-order valence-corrected chi connectivity index (χ0v) is 14.5. The van der Waals surface area contributed by atoms with Gasteiger partial charge in [0.25, 0.3) is 0 Å². The number of hydrogen-bond donors (Lipinski definition) is 0. The van der Waals surface area contributed by atoms with E-state index >= 15 is 0 Å². The summed E-state index contributed by atoms with van der Waals surface area (Å²) in [5, 5.41) is 6.09. The molecule has 23 heavy (non-hydrogen) atoms. The minimum absolute atomic E-state index is 0.0652. The molecule has 1 saturated heterocycles. The van der Waals surface area contributed by atoms with E-state index in [0.29, 0.717) is 18.2 Å². The van der Waals surface area contributed by atoms with Crippen molar-refractivity contribution in [3.8, 4) is 0 Å². The van der Waals surface area contributed by atoms with E-state index in [4.69, 9.17) is 4.52 Å². The molecule has 6 heteroatoms. The van der Waals surface area contributed by atoms with Gasteiger partial charge in [-0.05, 0) is 36.6 Å². The van der Waals surface area contributed by atoms with Gasteiger partial charge in [0.2, 0.25) is 11.8 Å². The fourth-order valence-corrected chi connectivity index (χ4v) is 3.70. The average Bonchev–Trinajstić information content (AvgIpc) is 3.18. The zero-order valence-electron chi connectivity index (χ0n) is 13.7. The molecule has 0 unspecified atom stereocenters. The summed E-state index contributed by atoms with van der Waals surface area (Å²) < 4.78 is 5.47. The van der Waals surface area contributed by atoms with Gasteiger partial charge in [-0.1, -0.05) is 25.1 Å². The van der Waals surface area contributed by atoms with Crippen molar-refractivity contribution in [3.05, 3.63) is 34.1 Å². The third-order valence-corrected chi connectivity index (χ3v) is 4.96. The minimum atomic E-state index is -0.0652. The summed E-state index contributed by atoms with van der Waals surface area (Å²) in [5.74, 6) is 1.98. The molecular weight excluding hydrogens is 310 g/mol. The topological polar surface area (TPSA) is 59.2 Å². The van der Waals surface area contributed by atoms with Crippen LogP contribution in [0.15, 0.2) is 22.0 Å². The highest BCUT2D eigenvalue weighted by molar-refractivity contribution is 7.10. The molecule has 1 fully saturated rings. The number of aromatic nitrogens is 2. The van der Waals surface area contributed by atoms with Crippen LogP contribution in [0.2, 0.25) is 0 Å².